The Bertz CT molecular complexity index is 252. The molecule has 0 amide bonds. The molecule has 78 valence electrons. The maximum absolute atomic E-state index is 5.40. The molecule has 0 spiro atoms. The van der Waals surface area contributed by atoms with Crippen molar-refractivity contribution in [1.29, 1.82) is 0 Å². The third kappa shape index (κ3) is 2.16. The molecule has 0 bridgehead atoms. The van der Waals surface area contributed by atoms with Crippen LogP contribution in [-0.2, 0) is 11.2 Å². The fourth-order valence-electron chi connectivity index (χ4n) is 2.04. The predicted molar refractivity (Wildman–Crippen MR) is 54.2 cm³/mol. The number of rotatable bonds is 4. The van der Waals surface area contributed by atoms with E-state index in [9.17, 15) is 0 Å². The number of likely N-dealkylation sites (N-methyl/N-ethyl adjacent to an activating group) is 1. The summed E-state index contributed by atoms with van der Waals surface area (Å²) >= 11 is 0. The zero-order chi connectivity index (χ0) is 9.80. The molecule has 2 atom stereocenters. The van der Waals surface area contributed by atoms with Gasteiger partial charge in [0, 0.05) is 18.6 Å². The van der Waals surface area contributed by atoms with Crippen LogP contribution in [-0.4, -0.2) is 26.3 Å². The van der Waals surface area contributed by atoms with Gasteiger partial charge in [-0.15, -0.1) is 0 Å². The van der Waals surface area contributed by atoms with Gasteiger partial charge in [-0.3, -0.25) is 0 Å². The smallest absolute Gasteiger partial charge is 0.0935 e. The fraction of sp³-hybridized carbons (Fsp3) is 0.636. The maximum atomic E-state index is 5.40. The first-order valence-electron chi connectivity index (χ1n) is 5.16. The van der Waals surface area contributed by atoms with Crippen molar-refractivity contribution >= 4 is 0 Å². The van der Waals surface area contributed by atoms with E-state index in [2.05, 4.69) is 5.32 Å². The second-order valence-electron chi connectivity index (χ2n) is 3.85. The van der Waals surface area contributed by atoms with Gasteiger partial charge in [0.25, 0.3) is 0 Å². The standard InChI is InChI=1S/C11H17NO2/c1-12-11(10-3-5-14-8-10)6-9-2-4-13-7-9/h2,4,7,10-12H,3,5-6,8H2,1H3. The van der Waals surface area contributed by atoms with Crippen molar-refractivity contribution in [2.75, 3.05) is 20.3 Å². The van der Waals surface area contributed by atoms with Crippen molar-refractivity contribution in [1.82, 2.24) is 5.32 Å². The van der Waals surface area contributed by atoms with E-state index in [1.807, 2.05) is 19.4 Å². The Kier molecular flexibility index (Phi) is 3.22. The molecule has 2 unspecified atom stereocenters. The average molecular weight is 195 g/mol. The van der Waals surface area contributed by atoms with E-state index < -0.39 is 0 Å². The van der Waals surface area contributed by atoms with Gasteiger partial charge in [-0.2, -0.15) is 0 Å². The minimum absolute atomic E-state index is 0.509. The molecule has 0 saturated carbocycles. The number of hydrogen-bond donors (Lipinski definition) is 1. The highest BCUT2D eigenvalue weighted by Gasteiger charge is 2.24. The molecule has 14 heavy (non-hydrogen) atoms. The Morgan fingerprint density at radius 3 is 3.14 bits per heavy atom. The van der Waals surface area contributed by atoms with E-state index >= 15 is 0 Å². The van der Waals surface area contributed by atoms with Crippen LogP contribution in [0.5, 0.6) is 0 Å². The van der Waals surface area contributed by atoms with Crippen molar-refractivity contribution in [2.45, 2.75) is 18.9 Å². The Morgan fingerprint density at radius 1 is 1.64 bits per heavy atom. The molecule has 1 saturated heterocycles. The summed E-state index contributed by atoms with van der Waals surface area (Å²) in [7, 11) is 2.02. The molecule has 3 heteroatoms. The Morgan fingerprint density at radius 2 is 2.57 bits per heavy atom. The van der Waals surface area contributed by atoms with Crippen LogP contribution in [0.2, 0.25) is 0 Å². The minimum atomic E-state index is 0.509. The normalized spacial score (nSPS) is 23.9. The largest absolute Gasteiger partial charge is 0.472 e. The second kappa shape index (κ2) is 4.62. The molecule has 1 N–H and O–H groups in total. The quantitative estimate of drug-likeness (QED) is 0.789. The van der Waals surface area contributed by atoms with E-state index in [4.69, 9.17) is 9.15 Å². The molecule has 2 rings (SSSR count). The summed E-state index contributed by atoms with van der Waals surface area (Å²) in [6, 6.07) is 2.54. The molecule has 1 fully saturated rings. The maximum Gasteiger partial charge on any atom is 0.0935 e. The van der Waals surface area contributed by atoms with Crippen LogP contribution in [0.25, 0.3) is 0 Å². The van der Waals surface area contributed by atoms with Gasteiger partial charge >= 0.3 is 0 Å². The first kappa shape index (κ1) is 9.74. The first-order chi connectivity index (χ1) is 6.90. The Hall–Kier alpha value is -0.800. The number of ether oxygens (including phenoxy) is 1. The summed E-state index contributed by atoms with van der Waals surface area (Å²) in [4.78, 5) is 0. The highest BCUT2D eigenvalue weighted by Crippen LogP contribution is 2.19. The summed E-state index contributed by atoms with van der Waals surface area (Å²) in [5.41, 5.74) is 1.26. The van der Waals surface area contributed by atoms with Crippen molar-refractivity contribution in [3.8, 4) is 0 Å². The van der Waals surface area contributed by atoms with Crippen LogP contribution in [0.3, 0.4) is 0 Å². The lowest BCUT2D eigenvalue weighted by Gasteiger charge is -2.20. The average Bonchev–Trinajstić information content (AvgIpc) is 2.86. The third-order valence-corrected chi connectivity index (χ3v) is 2.94. The summed E-state index contributed by atoms with van der Waals surface area (Å²) in [5, 5.41) is 3.36. The summed E-state index contributed by atoms with van der Waals surface area (Å²) in [6.45, 7) is 1.80. The van der Waals surface area contributed by atoms with Crippen LogP contribution in [0.15, 0.2) is 23.0 Å². The van der Waals surface area contributed by atoms with E-state index in [1.54, 1.807) is 6.26 Å². The zero-order valence-electron chi connectivity index (χ0n) is 8.53. The van der Waals surface area contributed by atoms with Crippen molar-refractivity contribution in [2.24, 2.45) is 5.92 Å². The van der Waals surface area contributed by atoms with Gasteiger partial charge in [0.2, 0.25) is 0 Å². The van der Waals surface area contributed by atoms with Gasteiger partial charge in [0.15, 0.2) is 0 Å². The molecule has 1 aromatic heterocycles. The molecular weight excluding hydrogens is 178 g/mol. The predicted octanol–water partition coefficient (Wildman–Crippen LogP) is 1.45. The van der Waals surface area contributed by atoms with E-state index in [0.29, 0.717) is 12.0 Å². The molecule has 1 aliphatic rings. The topological polar surface area (TPSA) is 34.4 Å². The fourth-order valence-corrected chi connectivity index (χ4v) is 2.04. The van der Waals surface area contributed by atoms with Crippen LogP contribution >= 0.6 is 0 Å². The lowest BCUT2D eigenvalue weighted by atomic mass is 9.94. The number of nitrogens with one attached hydrogen (secondary N) is 1. The van der Waals surface area contributed by atoms with Crippen LogP contribution in [0.1, 0.15) is 12.0 Å². The summed E-state index contributed by atoms with van der Waals surface area (Å²) in [6.07, 6.45) is 5.75. The number of furan rings is 1. The van der Waals surface area contributed by atoms with Crippen molar-refractivity contribution < 1.29 is 9.15 Å². The van der Waals surface area contributed by atoms with Gasteiger partial charge in [-0.05, 0) is 31.5 Å². The monoisotopic (exact) mass is 195 g/mol. The second-order valence-corrected chi connectivity index (χ2v) is 3.85. The van der Waals surface area contributed by atoms with Gasteiger partial charge in [-0.1, -0.05) is 0 Å². The lowest BCUT2D eigenvalue weighted by molar-refractivity contribution is 0.177. The van der Waals surface area contributed by atoms with Gasteiger partial charge < -0.3 is 14.5 Å². The third-order valence-electron chi connectivity index (χ3n) is 2.94. The highest BCUT2D eigenvalue weighted by atomic mass is 16.5. The molecule has 0 aliphatic carbocycles. The van der Waals surface area contributed by atoms with Gasteiger partial charge in [-0.25, -0.2) is 0 Å². The van der Waals surface area contributed by atoms with Crippen LogP contribution < -0.4 is 5.32 Å². The van der Waals surface area contributed by atoms with Crippen molar-refractivity contribution in [3.05, 3.63) is 24.2 Å². The van der Waals surface area contributed by atoms with Gasteiger partial charge in [0.05, 0.1) is 19.1 Å². The van der Waals surface area contributed by atoms with E-state index in [-0.39, 0.29) is 0 Å². The Balaban J connectivity index is 1.92. The molecule has 1 aliphatic heterocycles. The first-order valence-corrected chi connectivity index (χ1v) is 5.16. The summed E-state index contributed by atoms with van der Waals surface area (Å²) < 4.78 is 10.5. The van der Waals surface area contributed by atoms with Crippen LogP contribution in [0, 0.1) is 5.92 Å². The zero-order valence-corrected chi connectivity index (χ0v) is 8.53. The molecular formula is C11H17NO2. The SMILES string of the molecule is CNC(Cc1ccoc1)C1CCOC1. The van der Waals surface area contributed by atoms with E-state index in [1.165, 1.54) is 12.0 Å². The lowest BCUT2D eigenvalue weighted by Crippen LogP contribution is -2.35. The minimum Gasteiger partial charge on any atom is -0.472 e. The molecule has 3 nitrogen and oxygen atoms in total. The molecule has 2 heterocycles. The van der Waals surface area contributed by atoms with E-state index in [0.717, 1.165) is 19.6 Å². The van der Waals surface area contributed by atoms with Crippen LogP contribution in [0.4, 0.5) is 0 Å². The Labute approximate surface area is 84.4 Å². The molecule has 0 aromatic carbocycles. The van der Waals surface area contributed by atoms with Crippen molar-refractivity contribution in [3.63, 3.8) is 0 Å². The van der Waals surface area contributed by atoms with Gasteiger partial charge in [0.1, 0.15) is 0 Å². The molecule has 0 radical (unpaired) electrons. The summed E-state index contributed by atoms with van der Waals surface area (Å²) in [5.74, 6) is 0.648. The highest BCUT2D eigenvalue weighted by molar-refractivity contribution is 5.08. The molecule has 1 aromatic rings. The number of hydrogen-bond acceptors (Lipinski definition) is 3.